The Bertz CT molecular complexity index is 992. The number of ether oxygens (including phenoxy) is 2. The van der Waals surface area contributed by atoms with Gasteiger partial charge in [0.25, 0.3) is 0 Å². The lowest BCUT2D eigenvalue weighted by molar-refractivity contribution is -0.164. The van der Waals surface area contributed by atoms with Crippen molar-refractivity contribution in [2.45, 2.75) is 90.7 Å². The van der Waals surface area contributed by atoms with E-state index in [-0.39, 0.29) is 29.1 Å². The number of fused-ring (bicyclic) bond motifs is 5. The first-order chi connectivity index (χ1) is 17.1. The van der Waals surface area contributed by atoms with Crippen molar-refractivity contribution in [3.63, 3.8) is 0 Å². The molecule has 1 heterocycles. The van der Waals surface area contributed by atoms with Crippen molar-refractivity contribution in [1.29, 1.82) is 0 Å². The topological polar surface area (TPSA) is 90.7 Å². The van der Waals surface area contributed by atoms with E-state index in [0.717, 1.165) is 38.5 Å². The van der Waals surface area contributed by atoms with E-state index in [4.69, 9.17) is 9.47 Å². The fourth-order valence-corrected chi connectivity index (χ4v) is 9.29. The fraction of sp³-hybridized carbons (Fsp3) is 0.828. The maximum Gasteiger partial charge on any atom is 0.341 e. The largest absolute Gasteiger partial charge is 0.462 e. The van der Waals surface area contributed by atoms with Gasteiger partial charge < -0.3 is 14.6 Å². The minimum absolute atomic E-state index is 0.0457. The van der Waals surface area contributed by atoms with Crippen LogP contribution in [0, 0.1) is 40.4 Å². The zero-order valence-corrected chi connectivity index (χ0v) is 22.5. The molecule has 0 amide bonds. The second-order valence-corrected chi connectivity index (χ2v) is 12.8. The van der Waals surface area contributed by atoms with E-state index in [1.54, 1.807) is 24.9 Å². The molecule has 0 aliphatic heterocycles. The summed E-state index contributed by atoms with van der Waals surface area (Å²) in [6, 6.07) is 0. The number of esters is 1. The Morgan fingerprint density at radius 2 is 1.86 bits per heavy atom. The Balaban J connectivity index is 1.28. The quantitative estimate of drug-likeness (QED) is 0.548. The van der Waals surface area contributed by atoms with Gasteiger partial charge in [0.05, 0.1) is 37.1 Å². The van der Waals surface area contributed by atoms with Gasteiger partial charge in [0, 0.05) is 19.2 Å². The van der Waals surface area contributed by atoms with E-state index in [2.05, 4.69) is 18.9 Å². The first-order valence-corrected chi connectivity index (χ1v) is 14.1. The summed E-state index contributed by atoms with van der Waals surface area (Å²) in [5.74, 6) is 2.43. The highest BCUT2D eigenvalue weighted by Gasteiger charge is 2.62. The van der Waals surface area contributed by atoms with E-state index in [9.17, 15) is 14.7 Å². The average molecular weight is 501 g/mol. The number of ketones is 1. The van der Waals surface area contributed by atoms with Crippen LogP contribution in [0.5, 0.6) is 0 Å². The first-order valence-electron chi connectivity index (χ1n) is 14.1. The Morgan fingerprint density at radius 3 is 2.61 bits per heavy atom. The van der Waals surface area contributed by atoms with Crippen LogP contribution in [0.25, 0.3) is 0 Å². The number of carbonyl (C=O) groups is 2. The smallest absolute Gasteiger partial charge is 0.341 e. The Kier molecular flexibility index (Phi) is 6.86. The minimum atomic E-state index is -0.667. The Hall–Kier alpha value is -1.73. The number of rotatable bonds is 7. The number of hydrogen-bond donors (Lipinski definition) is 1. The van der Waals surface area contributed by atoms with Gasteiger partial charge in [-0.3, -0.25) is 9.48 Å². The van der Waals surface area contributed by atoms with Crippen LogP contribution in [0.3, 0.4) is 0 Å². The Morgan fingerprint density at radius 1 is 1.08 bits per heavy atom. The molecule has 0 bridgehead atoms. The van der Waals surface area contributed by atoms with Gasteiger partial charge in [-0.25, -0.2) is 4.79 Å². The summed E-state index contributed by atoms with van der Waals surface area (Å²) >= 11 is 0. The number of Topliss-reactive ketones (excluding diaryl/α,β-unsaturated/α-hetero) is 1. The number of hydrogen-bond acceptors (Lipinski definition) is 6. The number of methoxy groups -OCH3 is 1. The predicted octanol–water partition coefficient (Wildman–Crippen LogP) is 4.67. The van der Waals surface area contributed by atoms with Gasteiger partial charge in [-0.05, 0) is 99.2 Å². The second-order valence-electron chi connectivity index (χ2n) is 12.8. The average Bonchev–Trinajstić information content (AvgIpc) is 3.44. The molecule has 5 rings (SSSR count). The number of carbonyl (C=O) groups excluding carboxylic acids is 2. The van der Waals surface area contributed by atoms with Gasteiger partial charge in [0.2, 0.25) is 0 Å². The molecular weight excluding hydrogens is 456 g/mol. The maximum absolute atomic E-state index is 13.5. The molecule has 1 aromatic heterocycles. The van der Waals surface area contributed by atoms with E-state index in [1.807, 2.05) is 0 Å². The summed E-state index contributed by atoms with van der Waals surface area (Å²) in [4.78, 5) is 25.5. The van der Waals surface area contributed by atoms with Crippen molar-refractivity contribution in [2.75, 3.05) is 20.3 Å². The molecule has 4 aliphatic carbocycles. The van der Waals surface area contributed by atoms with Gasteiger partial charge in [-0.2, -0.15) is 5.10 Å². The van der Waals surface area contributed by atoms with Crippen molar-refractivity contribution in [3.8, 4) is 0 Å². The standard InChI is InChI=1S/C29H44N2O5/c1-5-36-26(33)19-15-30-31(16-19)17-25(32)24-9-8-22-21-7-6-20-14-29(34,18-35-4)13-12-27(20,2)23(21)10-11-28(22,24)3/h15-16,20-24,34H,5-14,17-18H2,1-4H3/t20-,21-,22-,23-,24+,27-,28-,29+/m0/s1. The molecule has 1 aromatic rings. The zero-order chi connectivity index (χ0) is 25.7. The number of nitrogens with zero attached hydrogens (tertiary/aromatic N) is 2. The summed E-state index contributed by atoms with van der Waals surface area (Å²) in [5, 5.41) is 15.4. The SMILES string of the molecule is CCOC(=O)c1cnn(CC(=O)[C@H]2CC[C@H]3[C@@H]4CC[C@H]5C[C@@](O)(COC)CC[C@]5(C)[C@H]4CC[C@]23C)c1. The molecule has 200 valence electrons. The van der Waals surface area contributed by atoms with Crippen molar-refractivity contribution in [2.24, 2.45) is 40.4 Å². The number of aliphatic hydroxyl groups is 1. The van der Waals surface area contributed by atoms with Crippen molar-refractivity contribution in [1.82, 2.24) is 9.78 Å². The molecule has 0 radical (unpaired) electrons. The molecular formula is C29H44N2O5. The van der Waals surface area contributed by atoms with E-state index in [1.165, 1.54) is 25.5 Å². The first kappa shape index (κ1) is 25.9. The van der Waals surface area contributed by atoms with Crippen LogP contribution in [-0.4, -0.2) is 52.6 Å². The molecule has 7 nitrogen and oxygen atoms in total. The van der Waals surface area contributed by atoms with Gasteiger partial charge in [-0.15, -0.1) is 0 Å². The van der Waals surface area contributed by atoms with Gasteiger partial charge in [-0.1, -0.05) is 13.8 Å². The lowest BCUT2D eigenvalue weighted by Gasteiger charge is -2.62. The zero-order valence-electron chi connectivity index (χ0n) is 22.5. The highest BCUT2D eigenvalue weighted by Crippen LogP contribution is 2.68. The van der Waals surface area contributed by atoms with Crippen LogP contribution in [0.2, 0.25) is 0 Å². The molecule has 0 spiro atoms. The van der Waals surface area contributed by atoms with Crippen molar-refractivity contribution >= 4 is 11.8 Å². The molecule has 0 saturated heterocycles. The fourth-order valence-electron chi connectivity index (χ4n) is 9.29. The molecule has 0 aromatic carbocycles. The van der Waals surface area contributed by atoms with Crippen LogP contribution in [0.4, 0.5) is 0 Å². The molecule has 7 heteroatoms. The molecule has 1 N–H and O–H groups in total. The third-order valence-electron chi connectivity index (χ3n) is 11.1. The lowest BCUT2D eigenvalue weighted by atomic mass is 9.44. The Labute approximate surface area is 215 Å². The highest BCUT2D eigenvalue weighted by atomic mass is 16.5. The third kappa shape index (κ3) is 4.24. The summed E-state index contributed by atoms with van der Waals surface area (Å²) in [7, 11) is 1.69. The van der Waals surface area contributed by atoms with Crippen LogP contribution in [0.15, 0.2) is 12.4 Å². The van der Waals surface area contributed by atoms with Crippen molar-refractivity contribution in [3.05, 3.63) is 18.0 Å². The molecule has 0 unspecified atom stereocenters. The van der Waals surface area contributed by atoms with E-state index < -0.39 is 11.6 Å². The van der Waals surface area contributed by atoms with Crippen LogP contribution in [-0.2, 0) is 20.8 Å². The van der Waals surface area contributed by atoms with Gasteiger partial charge in [0.1, 0.15) is 0 Å². The lowest BCUT2D eigenvalue weighted by Crippen LogP contribution is -2.56. The van der Waals surface area contributed by atoms with Crippen LogP contribution >= 0.6 is 0 Å². The molecule has 4 saturated carbocycles. The molecule has 36 heavy (non-hydrogen) atoms. The summed E-state index contributed by atoms with van der Waals surface area (Å²) in [6.07, 6.45) is 12.7. The predicted molar refractivity (Wildman–Crippen MR) is 135 cm³/mol. The molecule has 4 aliphatic rings. The summed E-state index contributed by atoms with van der Waals surface area (Å²) < 4.78 is 12.0. The van der Waals surface area contributed by atoms with Gasteiger partial charge in [0.15, 0.2) is 5.78 Å². The normalized spacial score (nSPS) is 41.8. The van der Waals surface area contributed by atoms with E-state index in [0.29, 0.717) is 42.4 Å². The minimum Gasteiger partial charge on any atom is -0.462 e. The van der Waals surface area contributed by atoms with Crippen LogP contribution in [0.1, 0.15) is 88.9 Å². The summed E-state index contributed by atoms with van der Waals surface area (Å²) in [6.45, 7) is 7.64. The maximum atomic E-state index is 13.5. The monoisotopic (exact) mass is 500 g/mol. The third-order valence-corrected chi connectivity index (χ3v) is 11.1. The number of aromatic nitrogens is 2. The van der Waals surface area contributed by atoms with E-state index >= 15 is 0 Å². The van der Waals surface area contributed by atoms with Crippen molar-refractivity contribution < 1.29 is 24.2 Å². The van der Waals surface area contributed by atoms with Gasteiger partial charge >= 0.3 is 5.97 Å². The molecule has 8 atom stereocenters. The second kappa shape index (κ2) is 9.54. The highest BCUT2D eigenvalue weighted by molar-refractivity contribution is 5.89. The summed E-state index contributed by atoms with van der Waals surface area (Å²) in [5.41, 5.74) is 0.0597. The molecule has 4 fully saturated rings. The van der Waals surface area contributed by atoms with Crippen LogP contribution < -0.4 is 0 Å².